The zero-order valence-corrected chi connectivity index (χ0v) is 22.8. The lowest BCUT2D eigenvalue weighted by Gasteiger charge is -1.89. The van der Waals surface area contributed by atoms with Crippen molar-refractivity contribution in [3.05, 3.63) is 108 Å². The highest BCUT2D eigenvalue weighted by molar-refractivity contribution is 5.94. The molecule has 6 nitrogen and oxygen atoms in total. The van der Waals surface area contributed by atoms with Gasteiger partial charge in [-0.25, -0.2) is 4.79 Å². The second-order valence-electron chi connectivity index (χ2n) is 6.63. The standard InChI is InChI=1S/2C8H8O.C7H6O2.C3H9N.C2H7N.C2H6.CH4/c2*1-7(9)8-5-3-2-4-6-8;8-7(9)6-4-2-1-3-5-6;1-3-4-2;1-2-3;1-2;/h2*2-6H,1H3;1-5H,(H,8,9);4H,3H2,1-2H3;2-3H2,1H3;1-2H3;1H4. The fraction of sp³-hybridized carbons (Fsp3) is 0.323. The van der Waals surface area contributed by atoms with E-state index in [-0.39, 0.29) is 19.0 Å². The Morgan fingerprint density at radius 2 is 0.892 bits per heavy atom. The molecular formula is C31H48N2O4. The van der Waals surface area contributed by atoms with Gasteiger partial charge in [-0.3, -0.25) is 9.59 Å². The number of carbonyl (C=O) groups excluding carboxylic acids is 2. The van der Waals surface area contributed by atoms with Crippen LogP contribution in [-0.2, 0) is 0 Å². The van der Waals surface area contributed by atoms with Crippen molar-refractivity contribution in [2.75, 3.05) is 20.1 Å². The van der Waals surface area contributed by atoms with E-state index in [4.69, 9.17) is 10.8 Å². The van der Waals surface area contributed by atoms with E-state index in [1.165, 1.54) is 0 Å². The minimum Gasteiger partial charge on any atom is -0.478 e. The van der Waals surface area contributed by atoms with Crippen molar-refractivity contribution in [1.29, 1.82) is 0 Å². The number of aromatic carboxylic acids is 1. The first-order valence-corrected chi connectivity index (χ1v) is 12.0. The van der Waals surface area contributed by atoms with E-state index in [0.29, 0.717) is 5.56 Å². The third kappa shape index (κ3) is 26.8. The maximum absolute atomic E-state index is 10.6. The highest BCUT2D eigenvalue weighted by atomic mass is 16.4. The van der Waals surface area contributed by atoms with Gasteiger partial charge in [0.15, 0.2) is 11.6 Å². The average Bonchev–Trinajstić information content (AvgIpc) is 2.92. The summed E-state index contributed by atoms with van der Waals surface area (Å²) in [6.45, 7) is 12.9. The summed E-state index contributed by atoms with van der Waals surface area (Å²) in [5.41, 5.74) is 6.73. The normalized spacial score (nSPS) is 8.00. The number of nitrogens with two attached hydrogens (primary N) is 1. The van der Waals surface area contributed by atoms with E-state index in [9.17, 15) is 14.4 Å². The minimum atomic E-state index is -0.879. The van der Waals surface area contributed by atoms with Gasteiger partial charge in [-0.1, -0.05) is 114 Å². The molecule has 3 aromatic rings. The van der Waals surface area contributed by atoms with Crippen molar-refractivity contribution < 1.29 is 19.5 Å². The van der Waals surface area contributed by atoms with E-state index in [0.717, 1.165) is 24.2 Å². The predicted octanol–water partition coefficient (Wildman–Crippen LogP) is 7.02. The zero-order valence-electron chi connectivity index (χ0n) is 22.8. The predicted molar refractivity (Wildman–Crippen MR) is 159 cm³/mol. The van der Waals surface area contributed by atoms with Gasteiger partial charge in [0, 0.05) is 11.1 Å². The van der Waals surface area contributed by atoms with Gasteiger partial charge in [0.25, 0.3) is 0 Å². The quantitative estimate of drug-likeness (QED) is 0.324. The first kappa shape index (κ1) is 40.6. The van der Waals surface area contributed by atoms with Crippen molar-refractivity contribution in [3.63, 3.8) is 0 Å². The molecule has 6 heteroatoms. The van der Waals surface area contributed by atoms with Gasteiger partial charge in [0.1, 0.15) is 0 Å². The SMILES string of the molecule is C.CC.CC(=O)c1ccccc1.CC(=O)c1ccccc1.CCN.CCNC.O=C(O)c1ccccc1. The van der Waals surface area contributed by atoms with Crippen LogP contribution in [0, 0.1) is 0 Å². The van der Waals surface area contributed by atoms with Crippen molar-refractivity contribution in [3.8, 4) is 0 Å². The number of nitrogens with one attached hydrogen (secondary N) is 1. The van der Waals surface area contributed by atoms with Crippen LogP contribution < -0.4 is 11.1 Å². The third-order valence-electron chi connectivity index (χ3n) is 3.73. The summed E-state index contributed by atoms with van der Waals surface area (Å²) in [7, 11) is 1.93. The Bertz CT molecular complexity index is 781. The molecule has 0 bridgehead atoms. The van der Waals surface area contributed by atoms with Crippen molar-refractivity contribution >= 4 is 17.5 Å². The van der Waals surface area contributed by atoms with Crippen molar-refractivity contribution in [2.24, 2.45) is 5.73 Å². The second kappa shape index (κ2) is 30.4. The Morgan fingerprint density at radius 3 is 1.00 bits per heavy atom. The van der Waals surface area contributed by atoms with Crippen LogP contribution in [0.25, 0.3) is 0 Å². The lowest BCUT2D eigenvalue weighted by molar-refractivity contribution is 0.0696. The Hall–Kier alpha value is -3.61. The fourth-order valence-corrected chi connectivity index (χ4v) is 1.93. The Morgan fingerprint density at radius 1 is 0.676 bits per heavy atom. The molecule has 0 aliphatic heterocycles. The first-order chi connectivity index (χ1) is 17.2. The van der Waals surface area contributed by atoms with Crippen LogP contribution in [0.3, 0.4) is 0 Å². The molecular weight excluding hydrogens is 464 g/mol. The van der Waals surface area contributed by atoms with Crippen LogP contribution >= 0.6 is 0 Å². The van der Waals surface area contributed by atoms with Crippen LogP contribution in [-0.4, -0.2) is 42.8 Å². The van der Waals surface area contributed by atoms with Gasteiger partial charge in [-0.2, -0.15) is 0 Å². The molecule has 0 unspecified atom stereocenters. The number of hydrogen-bond acceptors (Lipinski definition) is 5. The topological polar surface area (TPSA) is 109 Å². The molecule has 0 atom stereocenters. The van der Waals surface area contributed by atoms with Crippen LogP contribution in [0.1, 0.15) is 80.0 Å². The van der Waals surface area contributed by atoms with Crippen LogP contribution in [0.2, 0.25) is 0 Å². The largest absolute Gasteiger partial charge is 0.478 e. The number of carbonyl (C=O) groups is 3. The van der Waals surface area contributed by atoms with Gasteiger partial charge >= 0.3 is 5.97 Å². The Balaban J connectivity index is -0.000000189. The number of rotatable bonds is 4. The molecule has 206 valence electrons. The van der Waals surface area contributed by atoms with E-state index in [1.807, 2.05) is 88.5 Å². The molecule has 0 fully saturated rings. The van der Waals surface area contributed by atoms with Crippen LogP contribution in [0.5, 0.6) is 0 Å². The molecule has 0 spiro atoms. The molecule has 0 amide bonds. The van der Waals surface area contributed by atoms with Gasteiger partial charge in [-0.15, -0.1) is 0 Å². The molecule has 0 saturated heterocycles. The lowest BCUT2D eigenvalue weighted by atomic mass is 10.2. The smallest absolute Gasteiger partial charge is 0.335 e. The van der Waals surface area contributed by atoms with E-state index in [1.54, 1.807) is 44.2 Å². The number of ketones is 2. The first-order valence-electron chi connectivity index (χ1n) is 12.0. The zero-order chi connectivity index (χ0) is 28.2. The number of Topliss-reactive ketones (excluding diaryl/α,β-unsaturated/α-hetero) is 2. The molecule has 0 heterocycles. The van der Waals surface area contributed by atoms with Crippen LogP contribution in [0.15, 0.2) is 91.0 Å². The maximum Gasteiger partial charge on any atom is 0.335 e. The van der Waals surface area contributed by atoms with Gasteiger partial charge in [0.05, 0.1) is 5.56 Å². The van der Waals surface area contributed by atoms with Gasteiger partial charge < -0.3 is 16.2 Å². The Labute approximate surface area is 224 Å². The molecule has 0 aromatic heterocycles. The van der Waals surface area contributed by atoms with E-state index >= 15 is 0 Å². The summed E-state index contributed by atoms with van der Waals surface area (Å²) in [4.78, 5) is 31.5. The van der Waals surface area contributed by atoms with E-state index < -0.39 is 5.97 Å². The van der Waals surface area contributed by atoms with E-state index in [2.05, 4.69) is 12.2 Å². The molecule has 0 aliphatic rings. The summed E-state index contributed by atoms with van der Waals surface area (Å²) in [6.07, 6.45) is 0. The third-order valence-corrected chi connectivity index (χ3v) is 3.73. The molecule has 3 aromatic carbocycles. The molecule has 3 rings (SSSR count). The van der Waals surface area contributed by atoms with Crippen molar-refractivity contribution in [1.82, 2.24) is 5.32 Å². The molecule has 0 saturated carbocycles. The minimum absolute atomic E-state index is 0. The maximum atomic E-state index is 10.6. The second-order valence-corrected chi connectivity index (χ2v) is 6.63. The highest BCUT2D eigenvalue weighted by Crippen LogP contribution is 1.98. The highest BCUT2D eigenvalue weighted by Gasteiger charge is 1.96. The number of hydrogen-bond donors (Lipinski definition) is 3. The summed E-state index contributed by atoms with van der Waals surface area (Å²) in [5, 5.41) is 11.3. The number of carboxylic acids is 1. The molecule has 37 heavy (non-hydrogen) atoms. The molecule has 0 aliphatic carbocycles. The fourth-order valence-electron chi connectivity index (χ4n) is 1.93. The number of benzene rings is 3. The summed E-state index contributed by atoms with van der Waals surface area (Å²) in [5.74, 6) is -0.637. The van der Waals surface area contributed by atoms with Crippen LogP contribution in [0.4, 0.5) is 0 Å². The molecule has 0 radical (unpaired) electrons. The van der Waals surface area contributed by atoms with Gasteiger partial charge in [-0.05, 0) is 46.1 Å². The molecule has 4 N–H and O–H groups in total. The average molecular weight is 513 g/mol. The Kier molecular flexibility index (Phi) is 33.3. The summed E-state index contributed by atoms with van der Waals surface area (Å²) < 4.78 is 0. The monoisotopic (exact) mass is 512 g/mol. The lowest BCUT2D eigenvalue weighted by Crippen LogP contribution is -2.01. The van der Waals surface area contributed by atoms with Crippen molar-refractivity contribution in [2.45, 2.75) is 49.0 Å². The summed E-state index contributed by atoms with van der Waals surface area (Å²) >= 11 is 0. The summed E-state index contributed by atoms with van der Waals surface area (Å²) in [6, 6.07) is 26.7. The number of carboxylic acid groups (broad SMARTS) is 1. The van der Waals surface area contributed by atoms with Gasteiger partial charge in [0.2, 0.25) is 0 Å².